The summed E-state index contributed by atoms with van der Waals surface area (Å²) in [6.45, 7) is 11.7. The zero-order valence-corrected chi connectivity index (χ0v) is 23.4. The summed E-state index contributed by atoms with van der Waals surface area (Å²) in [6, 6.07) is 19.2. The number of piperazine rings is 1. The number of hydrogen-bond donors (Lipinski definition) is 1. The van der Waals surface area contributed by atoms with Gasteiger partial charge in [-0.3, -0.25) is 9.80 Å². The van der Waals surface area contributed by atoms with Crippen LogP contribution in [-0.2, 0) is 0 Å². The average molecular weight is 525 g/mol. The van der Waals surface area contributed by atoms with Crippen LogP contribution in [0.25, 0.3) is 22.2 Å². The third-order valence-electron chi connectivity index (χ3n) is 8.62. The van der Waals surface area contributed by atoms with Crippen LogP contribution in [0, 0.1) is 0 Å². The van der Waals surface area contributed by atoms with Crippen molar-refractivity contribution < 1.29 is 4.74 Å². The van der Waals surface area contributed by atoms with Gasteiger partial charge in [0.25, 0.3) is 0 Å². The molecule has 0 bridgehead atoms. The van der Waals surface area contributed by atoms with Crippen LogP contribution in [0.5, 0.6) is 11.5 Å². The molecule has 2 aromatic carbocycles. The molecule has 2 N–H and O–H groups in total. The lowest BCUT2D eigenvalue weighted by molar-refractivity contribution is 0.0297. The zero-order valence-electron chi connectivity index (χ0n) is 23.4. The van der Waals surface area contributed by atoms with Crippen LogP contribution in [0.1, 0.15) is 52.5 Å². The van der Waals surface area contributed by atoms with E-state index in [1.54, 1.807) is 6.33 Å². The van der Waals surface area contributed by atoms with Crippen molar-refractivity contribution in [2.75, 3.05) is 31.9 Å². The standard InChI is InChI=1S/C32H40N6O/c1-32(2,3)37-19-17-36(18-20-37)24-11-13-25(14-12-24)38-21-28(29-30(33)34-22-35-31(29)38)23-9-15-27(16-10-23)39-26-7-5-4-6-8-26/h4-10,15-16,21-22,24-25H,11-14,17-20H2,1-3H3,(H2,33,34,35)/t24-,25-. The first kappa shape index (κ1) is 25.8. The highest BCUT2D eigenvalue weighted by Crippen LogP contribution is 2.39. The third kappa shape index (κ3) is 5.38. The summed E-state index contributed by atoms with van der Waals surface area (Å²) in [4.78, 5) is 14.4. The second kappa shape index (κ2) is 10.6. The van der Waals surface area contributed by atoms with Crippen LogP contribution in [0.4, 0.5) is 5.82 Å². The first-order chi connectivity index (χ1) is 18.9. The molecule has 204 valence electrons. The van der Waals surface area contributed by atoms with Gasteiger partial charge in [0.05, 0.1) is 5.39 Å². The van der Waals surface area contributed by atoms with Gasteiger partial charge in [-0.1, -0.05) is 30.3 Å². The lowest BCUT2D eigenvalue weighted by Crippen LogP contribution is -2.56. The predicted octanol–water partition coefficient (Wildman–Crippen LogP) is 6.37. The fourth-order valence-electron chi connectivity index (χ4n) is 6.39. The lowest BCUT2D eigenvalue weighted by Gasteiger charge is -2.46. The number of para-hydroxylation sites is 1. The Morgan fingerprint density at radius 2 is 1.44 bits per heavy atom. The number of aromatic nitrogens is 3. The maximum atomic E-state index is 6.43. The van der Waals surface area contributed by atoms with Gasteiger partial charge in [-0.25, -0.2) is 9.97 Å². The van der Waals surface area contributed by atoms with Gasteiger partial charge in [-0.2, -0.15) is 0 Å². The summed E-state index contributed by atoms with van der Waals surface area (Å²) >= 11 is 0. The van der Waals surface area contributed by atoms with E-state index < -0.39 is 0 Å². The zero-order chi connectivity index (χ0) is 27.0. The molecule has 0 amide bonds. The molecule has 1 aliphatic heterocycles. The number of rotatable bonds is 5. The molecule has 0 spiro atoms. The number of nitrogens with zero attached hydrogens (tertiary/aromatic N) is 5. The number of anilines is 1. The molecule has 39 heavy (non-hydrogen) atoms. The monoisotopic (exact) mass is 524 g/mol. The lowest BCUT2D eigenvalue weighted by atomic mass is 9.89. The van der Waals surface area contributed by atoms with Crippen molar-refractivity contribution in [3.05, 3.63) is 67.1 Å². The molecule has 1 aliphatic carbocycles. The van der Waals surface area contributed by atoms with E-state index >= 15 is 0 Å². The summed E-state index contributed by atoms with van der Waals surface area (Å²) < 4.78 is 8.37. The molecular formula is C32H40N6O. The van der Waals surface area contributed by atoms with Crippen LogP contribution in [0.2, 0.25) is 0 Å². The number of nitrogens with two attached hydrogens (primary N) is 1. The van der Waals surface area contributed by atoms with Crippen molar-refractivity contribution in [1.29, 1.82) is 0 Å². The maximum absolute atomic E-state index is 6.43. The van der Waals surface area contributed by atoms with Crippen molar-refractivity contribution in [2.45, 2.75) is 64.1 Å². The van der Waals surface area contributed by atoms with E-state index in [1.165, 1.54) is 39.0 Å². The molecule has 0 radical (unpaired) electrons. The van der Waals surface area contributed by atoms with Gasteiger partial charge in [0.15, 0.2) is 0 Å². The second-order valence-corrected chi connectivity index (χ2v) is 12.0. The quantitative estimate of drug-likeness (QED) is 0.327. The summed E-state index contributed by atoms with van der Waals surface area (Å²) in [7, 11) is 0. The van der Waals surface area contributed by atoms with Gasteiger partial charge in [0, 0.05) is 55.6 Å². The number of nitrogen functional groups attached to an aromatic ring is 1. The van der Waals surface area contributed by atoms with Gasteiger partial charge in [-0.05, 0) is 76.3 Å². The summed E-state index contributed by atoms with van der Waals surface area (Å²) in [5.41, 5.74) is 9.79. The van der Waals surface area contributed by atoms with Crippen molar-refractivity contribution in [3.8, 4) is 22.6 Å². The average Bonchev–Trinajstić information content (AvgIpc) is 3.35. The molecule has 2 aliphatic rings. The highest BCUT2D eigenvalue weighted by molar-refractivity contribution is 6.00. The molecule has 2 aromatic heterocycles. The largest absolute Gasteiger partial charge is 0.457 e. The molecule has 7 heteroatoms. The van der Waals surface area contributed by atoms with Crippen molar-refractivity contribution >= 4 is 16.9 Å². The van der Waals surface area contributed by atoms with E-state index in [0.29, 0.717) is 17.9 Å². The van der Waals surface area contributed by atoms with Crippen LogP contribution >= 0.6 is 0 Å². The first-order valence-electron chi connectivity index (χ1n) is 14.3. The van der Waals surface area contributed by atoms with Crippen molar-refractivity contribution in [2.24, 2.45) is 0 Å². The predicted molar refractivity (Wildman–Crippen MR) is 158 cm³/mol. The van der Waals surface area contributed by atoms with Gasteiger partial charge in [-0.15, -0.1) is 0 Å². The van der Waals surface area contributed by atoms with E-state index in [0.717, 1.165) is 46.5 Å². The molecule has 2 fully saturated rings. The molecular weight excluding hydrogens is 484 g/mol. The van der Waals surface area contributed by atoms with Crippen LogP contribution < -0.4 is 10.5 Å². The van der Waals surface area contributed by atoms with Crippen LogP contribution in [0.15, 0.2) is 67.1 Å². The minimum Gasteiger partial charge on any atom is -0.457 e. The molecule has 3 heterocycles. The van der Waals surface area contributed by atoms with Crippen molar-refractivity contribution in [3.63, 3.8) is 0 Å². The summed E-state index contributed by atoms with van der Waals surface area (Å²) in [5, 5.41) is 0.939. The molecule has 7 nitrogen and oxygen atoms in total. The molecule has 4 aromatic rings. The summed E-state index contributed by atoms with van der Waals surface area (Å²) in [6.07, 6.45) is 8.59. The van der Waals surface area contributed by atoms with Crippen LogP contribution in [-0.4, -0.2) is 62.1 Å². The van der Waals surface area contributed by atoms with E-state index in [2.05, 4.69) is 58.5 Å². The Bertz CT molecular complexity index is 1390. The molecule has 1 saturated heterocycles. The minimum atomic E-state index is 0.260. The Balaban J connectivity index is 1.18. The van der Waals surface area contributed by atoms with E-state index in [4.69, 9.17) is 15.5 Å². The number of hydrogen-bond acceptors (Lipinski definition) is 6. The second-order valence-electron chi connectivity index (χ2n) is 12.0. The molecule has 1 saturated carbocycles. The normalized spacial score (nSPS) is 21.3. The maximum Gasteiger partial charge on any atom is 0.146 e. The van der Waals surface area contributed by atoms with Gasteiger partial charge >= 0.3 is 0 Å². The first-order valence-corrected chi connectivity index (χ1v) is 14.3. The molecule has 0 atom stereocenters. The fraction of sp³-hybridized carbons (Fsp3) is 0.438. The minimum absolute atomic E-state index is 0.260. The smallest absolute Gasteiger partial charge is 0.146 e. The van der Waals surface area contributed by atoms with Crippen molar-refractivity contribution in [1.82, 2.24) is 24.3 Å². The Morgan fingerprint density at radius 1 is 0.795 bits per heavy atom. The fourth-order valence-corrected chi connectivity index (χ4v) is 6.39. The Labute approximate surface area is 231 Å². The van der Waals surface area contributed by atoms with E-state index in [-0.39, 0.29) is 5.54 Å². The van der Waals surface area contributed by atoms with Gasteiger partial charge < -0.3 is 15.0 Å². The van der Waals surface area contributed by atoms with E-state index in [1.807, 2.05) is 42.5 Å². The Kier molecular flexibility index (Phi) is 7.04. The molecule has 0 unspecified atom stereocenters. The number of fused-ring (bicyclic) bond motifs is 1. The molecule has 6 rings (SSSR count). The summed E-state index contributed by atoms with van der Waals surface area (Å²) in [5.74, 6) is 2.16. The van der Waals surface area contributed by atoms with E-state index in [9.17, 15) is 0 Å². The van der Waals surface area contributed by atoms with Gasteiger partial charge in [0.1, 0.15) is 29.3 Å². The highest BCUT2D eigenvalue weighted by Gasteiger charge is 2.32. The Hall–Kier alpha value is -3.42. The SMILES string of the molecule is CC(C)(C)N1CCN([C@H]2CC[C@H](n3cc(-c4ccc(Oc5ccccc5)cc4)c4c(N)ncnc43)CC2)CC1. The van der Waals surface area contributed by atoms with Gasteiger partial charge in [0.2, 0.25) is 0 Å². The number of benzene rings is 2. The topological polar surface area (TPSA) is 72.4 Å². The Morgan fingerprint density at radius 3 is 2.10 bits per heavy atom. The highest BCUT2D eigenvalue weighted by atomic mass is 16.5. The number of ether oxygens (including phenoxy) is 1. The third-order valence-corrected chi connectivity index (χ3v) is 8.62. The van der Waals surface area contributed by atoms with Crippen LogP contribution in [0.3, 0.4) is 0 Å².